The summed E-state index contributed by atoms with van der Waals surface area (Å²) in [7, 11) is 0. The van der Waals surface area contributed by atoms with Gasteiger partial charge in [-0.3, -0.25) is 0 Å². The lowest BCUT2D eigenvalue weighted by molar-refractivity contribution is 0.0836. The van der Waals surface area contributed by atoms with Crippen LogP contribution in [0, 0.1) is 5.92 Å². The molecule has 2 aromatic heterocycles. The van der Waals surface area contributed by atoms with Crippen LogP contribution in [0.3, 0.4) is 0 Å². The molecule has 4 nitrogen and oxygen atoms in total. The maximum atomic E-state index is 6.02. The molecule has 0 spiro atoms. The topological polar surface area (TPSA) is 39.9 Å². The molecule has 3 rings (SSSR count). The second-order valence-corrected chi connectivity index (χ2v) is 5.84. The highest BCUT2D eigenvalue weighted by molar-refractivity contribution is 6.31. The summed E-state index contributed by atoms with van der Waals surface area (Å²) in [6.07, 6.45) is 4.09. The molecule has 0 amide bonds. The summed E-state index contributed by atoms with van der Waals surface area (Å²) in [4.78, 5) is 8.94. The monoisotopic (exact) mass is 313 g/mol. The maximum Gasteiger partial charge on any atom is 0.160 e. The molecule has 2 atom stereocenters. The molecule has 1 aliphatic rings. The first-order valence-corrected chi connectivity index (χ1v) is 7.82. The highest BCUT2D eigenvalue weighted by atomic mass is 35.5. The molecule has 0 aliphatic carbocycles. The molecule has 2 unspecified atom stereocenters. The van der Waals surface area contributed by atoms with Gasteiger partial charge in [0.25, 0.3) is 0 Å². The highest BCUT2D eigenvalue weighted by Crippen LogP contribution is 2.28. The van der Waals surface area contributed by atoms with Crippen molar-refractivity contribution >= 4 is 34.4 Å². The first-order chi connectivity index (χ1) is 9.72. The molecule has 0 bridgehead atoms. The summed E-state index contributed by atoms with van der Waals surface area (Å²) in [5.74, 6) is 1.72. The second-order valence-electron chi connectivity index (χ2n) is 5.13. The Morgan fingerprint density at radius 2 is 2.35 bits per heavy atom. The van der Waals surface area contributed by atoms with Gasteiger partial charge in [-0.05, 0) is 18.9 Å². The van der Waals surface area contributed by atoms with Crippen molar-refractivity contribution in [3.05, 3.63) is 23.1 Å². The molecule has 2 aromatic rings. The van der Waals surface area contributed by atoms with Gasteiger partial charge >= 0.3 is 0 Å². The van der Waals surface area contributed by atoms with E-state index in [4.69, 9.17) is 27.9 Å². The Hall–Kier alpha value is -0.840. The Labute approximate surface area is 128 Å². The molecule has 1 aliphatic heterocycles. The van der Waals surface area contributed by atoms with Gasteiger partial charge < -0.3 is 9.30 Å². The SMILES string of the molecule is CCC1OCCC1Cn1c(CCl)nc2cc(Cl)cnc21. The summed E-state index contributed by atoms with van der Waals surface area (Å²) < 4.78 is 7.87. The van der Waals surface area contributed by atoms with Gasteiger partial charge in [-0.15, -0.1) is 11.6 Å². The number of halogens is 2. The minimum atomic E-state index is 0.322. The van der Waals surface area contributed by atoms with Crippen LogP contribution < -0.4 is 0 Å². The third kappa shape index (κ3) is 2.52. The van der Waals surface area contributed by atoms with Crippen LogP contribution in [-0.4, -0.2) is 27.2 Å². The van der Waals surface area contributed by atoms with E-state index in [2.05, 4.69) is 21.5 Å². The largest absolute Gasteiger partial charge is 0.378 e. The number of fused-ring (bicyclic) bond motifs is 1. The zero-order valence-electron chi connectivity index (χ0n) is 11.4. The first-order valence-electron chi connectivity index (χ1n) is 6.91. The van der Waals surface area contributed by atoms with Gasteiger partial charge in [0.2, 0.25) is 0 Å². The van der Waals surface area contributed by atoms with E-state index in [1.165, 1.54) is 0 Å². The van der Waals surface area contributed by atoms with E-state index in [0.717, 1.165) is 43.0 Å². The Bertz CT molecular complexity index is 614. The minimum Gasteiger partial charge on any atom is -0.378 e. The minimum absolute atomic E-state index is 0.322. The standard InChI is InChI=1S/C14H17Cl2N3O/c1-2-12-9(3-4-20-12)8-19-13(6-15)18-11-5-10(16)7-17-14(11)19/h5,7,9,12H,2-4,6,8H2,1H3. The van der Waals surface area contributed by atoms with Gasteiger partial charge in [-0.2, -0.15) is 0 Å². The van der Waals surface area contributed by atoms with E-state index < -0.39 is 0 Å². The lowest BCUT2D eigenvalue weighted by Crippen LogP contribution is -2.21. The Kier molecular flexibility index (Phi) is 4.15. The summed E-state index contributed by atoms with van der Waals surface area (Å²) in [6, 6.07) is 1.83. The number of pyridine rings is 1. The number of hydrogen-bond donors (Lipinski definition) is 0. The molecular formula is C14H17Cl2N3O. The lowest BCUT2D eigenvalue weighted by atomic mass is 9.99. The van der Waals surface area contributed by atoms with Crippen LogP contribution in [0.15, 0.2) is 12.3 Å². The van der Waals surface area contributed by atoms with Crippen molar-refractivity contribution in [2.45, 2.75) is 38.3 Å². The Morgan fingerprint density at radius 1 is 1.50 bits per heavy atom. The van der Waals surface area contributed by atoms with E-state index in [9.17, 15) is 0 Å². The summed E-state index contributed by atoms with van der Waals surface area (Å²) >= 11 is 12.0. The van der Waals surface area contributed by atoms with Crippen molar-refractivity contribution in [1.82, 2.24) is 14.5 Å². The molecular weight excluding hydrogens is 297 g/mol. The van der Waals surface area contributed by atoms with Crippen LogP contribution in [0.1, 0.15) is 25.6 Å². The summed E-state index contributed by atoms with van der Waals surface area (Å²) in [5, 5.41) is 0.596. The van der Waals surface area contributed by atoms with Crippen molar-refractivity contribution in [1.29, 1.82) is 0 Å². The van der Waals surface area contributed by atoms with Gasteiger partial charge in [-0.1, -0.05) is 18.5 Å². The van der Waals surface area contributed by atoms with E-state index in [1.54, 1.807) is 6.20 Å². The number of nitrogens with zero attached hydrogens (tertiary/aromatic N) is 3. The van der Waals surface area contributed by atoms with E-state index in [0.29, 0.717) is 22.9 Å². The maximum absolute atomic E-state index is 6.02. The normalized spacial score (nSPS) is 22.8. The Balaban J connectivity index is 1.97. The molecule has 1 fully saturated rings. The number of imidazole rings is 1. The molecule has 0 radical (unpaired) electrons. The first kappa shape index (κ1) is 14.1. The van der Waals surface area contributed by atoms with Crippen molar-refractivity contribution in [3.63, 3.8) is 0 Å². The van der Waals surface area contributed by atoms with E-state index >= 15 is 0 Å². The fourth-order valence-electron chi connectivity index (χ4n) is 2.91. The molecule has 108 valence electrons. The third-order valence-corrected chi connectivity index (χ3v) is 4.36. The van der Waals surface area contributed by atoms with Gasteiger partial charge in [0, 0.05) is 25.3 Å². The van der Waals surface area contributed by atoms with Gasteiger partial charge in [-0.25, -0.2) is 9.97 Å². The fourth-order valence-corrected chi connectivity index (χ4v) is 3.27. The van der Waals surface area contributed by atoms with Gasteiger partial charge in [0.15, 0.2) is 5.65 Å². The van der Waals surface area contributed by atoms with Crippen molar-refractivity contribution in [3.8, 4) is 0 Å². The summed E-state index contributed by atoms with van der Waals surface area (Å²) in [5.41, 5.74) is 1.66. The third-order valence-electron chi connectivity index (χ3n) is 3.92. The van der Waals surface area contributed by atoms with Crippen LogP contribution in [0.25, 0.3) is 11.2 Å². The fraction of sp³-hybridized carbons (Fsp3) is 0.571. The van der Waals surface area contributed by atoms with E-state index in [1.807, 2.05) is 6.07 Å². The average molecular weight is 314 g/mol. The van der Waals surface area contributed by atoms with Crippen molar-refractivity contribution < 1.29 is 4.74 Å². The van der Waals surface area contributed by atoms with E-state index in [-0.39, 0.29) is 0 Å². The highest BCUT2D eigenvalue weighted by Gasteiger charge is 2.28. The predicted molar refractivity (Wildman–Crippen MR) is 80.2 cm³/mol. The molecule has 3 heterocycles. The molecule has 20 heavy (non-hydrogen) atoms. The lowest BCUT2D eigenvalue weighted by Gasteiger charge is -2.18. The van der Waals surface area contributed by atoms with Gasteiger partial charge in [0.1, 0.15) is 11.3 Å². The molecule has 0 N–H and O–H groups in total. The number of ether oxygens (including phenoxy) is 1. The predicted octanol–water partition coefficient (Wildman–Crippen LogP) is 3.64. The van der Waals surface area contributed by atoms with Crippen LogP contribution in [0.5, 0.6) is 0 Å². The zero-order chi connectivity index (χ0) is 14.1. The number of alkyl halides is 1. The number of aromatic nitrogens is 3. The molecule has 0 saturated carbocycles. The number of rotatable bonds is 4. The van der Waals surface area contributed by atoms with Crippen LogP contribution in [-0.2, 0) is 17.2 Å². The quantitative estimate of drug-likeness (QED) is 0.809. The molecule has 0 aromatic carbocycles. The van der Waals surface area contributed by atoms with Crippen molar-refractivity contribution in [2.75, 3.05) is 6.61 Å². The number of hydrogen-bond acceptors (Lipinski definition) is 3. The second kappa shape index (κ2) is 5.88. The molecule has 1 saturated heterocycles. The summed E-state index contributed by atoms with van der Waals surface area (Å²) in [6.45, 7) is 3.85. The van der Waals surface area contributed by atoms with Gasteiger partial charge in [0.05, 0.1) is 17.0 Å². The Morgan fingerprint density at radius 3 is 3.10 bits per heavy atom. The van der Waals surface area contributed by atoms with Crippen LogP contribution in [0.2, 0.25) is 5.02 Å². The van der Waals surface area contributed by atoms with Crippen LogP contribution >= 0.6 is 23.2 Å². The smallest absolute Gasteiger partial charge is 0.160 e. The average Bonchev–Trinajstić information content (AvgIpc) is 3.03. The van der Waals surface area contributed by atoms with Crippen LogP contribution in [0.4, 0.5) is 0 Å². The zero-order valence-corrected chi connectivity index (χ0v) is 12.9. The molecule has 6 heteroatoms. The van der Waals surface area contributed by atoms with Crippen molar-refractivity contribution in [2.24, 2.45) is 5.92 Å².